The van der Waals surface area contributed by atoms with Crippen LogP contribution in [-0.2, 0) is 16.0 Å². The van der Waals surface area contributed by atoms with Gasteiger partial charge < -0.3 is 25.2 Å². The van der Waals surface area contributed by atoms with Crippen LogP contribution in [-0.4, -0.2) is 55.6 Å². The van der Waals surface area contributed by atoms with Gasteiger partial charge in [-0.3, -0.25) is 0 Å². The van der Waals surface area contributed by atoms with Crippen molar-refractivity contribution < 1.29 is 24.2 Å². The Balaban J connectivity index is 2.11. The van der Waals surface area contributed by atoms with Gasteiger partial charge in [0.05, 0.1) is 26.4 Å². The average Bonchev–Trinajstić information content (AvgIpc) is 2.89. The van der Waals surface area contributed by atoms with Crippen LogP contribution in [0.2, 0.25) is 0 Å². The molecule has 0 bridgehead atoms. The summed E-state index contributed by atoms with van der Waals surface area (Å²) in [6, 6.07) is -0.354. The lowest BCUT2D eigenvalue weighted by molar-refractivity contribution is 0.0691. The molecule has 112 valence electrons. The number of carboxylic acids is 1. The summed E-state index contributed by atoms with van der Waals surface area (Å²) in [6.45, 7) is 1.97. The first-order valence-corrected chi connectivity index (χ1v) is 6.77. The summed E-state index contributed by atoms with van der Waals surface area (Å²) in [4.78, 5) is 25.9. The molecule has 0 aliphatic rings. The zero-order chi connectivity index (χ0) is 14.8. The maximum absolute atomic E-state index is 11.4. The number of aromatic carboxylic acids is 1. The number of ether oxygens (including phenoxy) is 2. The summed E-state index contributed by atoms with van der Waals surface area (Å²) in [6.07, 6.45) is 0. The van der Waals surface area contributed by atoms with Crippen LogP contribution in [0.1, 0.15) is 15.5 Å². The van der Waals surface area contributed by atoms with E-state index >= 15 is 0 Å². The lowest BCUT2D eigenvalue weighted by atomic mass is 10.5. The second-order valence-electron chi connectivity index (χ2n) is 3.65. The molecule has 0 saturated carbocycles. The number of hydrogen-bond acceptors (Lipinski definition) is 6. The van der Waals surface area contributed by atoms with E-state index in [0.717, 1.165) is 0 Å². The van der Waals surface area contributed by atoms with Crippen molar-refractivity contribution in [2.75, 3.05) is 33.5 Å². The number of aromatic nitrogens is 1. The van der Waals surface area contributed by atoms with Crippen molar-refractivity contribution in [3.8, 4) is 0 Å². The van der Waals surface area contributed by atoms with E-state index in [1.165, 1.54) is 16.7 Å². The van der Waals surface area contributed by atoms with Crippen LogP contribution in [0.3, 0.4) is 0 Å². The van der Waals surface area contributed by atoms with Gasteiger partial charge in [-0.15, -0.1) is 11.3 Å². The molecule has 9 heteroatoms. The molecule has 0 aliphatic carbocycles. The number of carbonyl (C=O) groups excluding carboxylic acids is 1. The third kappa shape index (κ3) is 6.45. The van der Waals surface area contributed by atoms with Crippen LogP contribution < -0.4 is 10.6 Å². The average molecular weight is 303 g/mol. The molecule has 0 fully saturated rings. The molecule has 0 atom stereocenters. The van der Waals surface area contributed by atoms with Gasteiger partial charge in [0, 0.05) is 19.0 Å². The number of nitrogens with zero attached hydrogens (tertiary/aromatic N) is 1. The van der Waals surface area contributed by atoms with E-state index in [-0.39, 0.29) is 18.3 Å². The molecule has 0 spiro atoms. The molecule has 3 N–H and O–H groups in total. The molecular weight excluding hydrogens is 286 g/mol. The molecule has 2 amide bonds. The van der Waals surface area contributed by atoms with E-state index in [2.05, 4.69) is 15.6 Å². The van der Waals surface area contributed by atoms with Crippen molar-refractivity contribution in [2.24, 2.45) is 0 Å². The normalized spacial score (nSPS) is 10.2. The quantitative estimate of drug-likeness (QED) is 0.566. The number of rotatable bonds is 9. The maximum Gasteiger partial charge on any atom is 0.355 e. The Morgan fingerprint density at radius 2 is 2.15 bits per heavy atom. The number of methoxy groups -OCH3 is 1. The SMILES string of the molecule is COCCOCCNC(=O)NCc1nc(C(=O)O)cs1. The van der Waals surface area contributed by atoms with E-state index in [9.17, 15) is 9.59 Å². The fourth-order valence-electron chi connectivity index (χ4n) is 1.19. The molecule has 0 aliphatic heterocycles. The lowest BCUT2D eigenvalue weighted by Gasteiger charge is -2.06. The lowest BCUT2D eigenvalue weighted by Crippen LogP contribution is -2.37. The number of nitrogens with one attached hydrogen (secondary N) is 2. The highest BCUT2D eigenvalue weighted by Crippen LogP contribution is 2.08. The molecule has 0 saturated heterocycles. The van der Waals surface area contributed by atoms with Crippen LogP contribution >= 0.6 is 11.3 Å². The number of carbonyl (C=O) groups is 2. The summed E-state index contributed by atoms with van der Waals surface area (Å²) in [5, 5.41) is 15.9. The van der Waals surface area contributed by atoms with Gasteiger partial charge in [0.15, 0.2) is 5.69 Å². The second-order valence-corrected chi connectivity index (χ2v) is 4.59. The van der Waals surface area contributed by atoms with Crippen LogP contribution in [0, 0.1) is 0 Å². The molecule has 1 aromatic rings. The van der Waals surface area contributed by atoms with Gasteiger partial charge >= 0.3 is 12.0 Å². The Morgan fingerprint density at radius 1 is 1.35 bits per heavy atom. The predicted molar refractivity (Wildman–Crippen MR) is 72.0 cm³/mol. The van der Waals surface area contributed by atoms with Crippen molar-refractivity contribution in [1.82, 2.24) is 15.6 Å². The fraction of sp³-hybridized carbons (Fsp3) is 0.545. The van der Waals surface area contributed by atoms with Crippen molar-refractivity contribution in [3.05, 3.63) is 16.1 Å². The van der Waals surface area contributed by atoms with Gasteiger partial charge in [-0.1, -0.05) is 0 Å². The Labute approximate surface area is 120 Å². The van der Waals surface area contributed by atoms with Gasteiger partial charge in [0.2, 0.25) is 0 Å². The largest absolute Gasteiger partial charge is 0.476 e. The third-order valence-corrected chi connectivity index (χ3v) is 2.98. The predicted octanol–water partition coefficient (Wildman–Crippen LogP) is 0.303. The Hall–Kier alpha value is -1.71. The van der Waals surface area contributed by atoms with Gasteiger partial charge in [-0.05, 0) is 0 Å². The van der Waals surface area contributed by atoms with E-state index in [1.807, 2.05) is 0 Å². The summed E-state index contributed by atoms with van der Waals surface area (Å²) < 4.78 is 9.98. The third-order valence-electron chi connectivity index (χ3n) is 2.13. The Morgan fingerprint density at radius 3 is 2.80 bits per heavy atom. The highest BCUT2D eigenvalue weighted by molar-refractivity contribution is 7.09. The minimum absolute atomic E-state index is 0.0150. The summed E-state index contributed by atoms with van der Waals surface area (Å²) >= 11 is 1.18. The van der Waals surface area contributed by atoms with E-state index in [0.29, 0.717) is 31.4 Å². The molecule has 20 heavy (non-hydrogen) atoms. The number of carboxylic acid groups (broad SMARTS) is 1. The van der Waals surface area contributed by atoms with Crippen molar-refractivity contribution >= 4 is 23.3 Å². The Bertz CT molecular complexity index is 437. The highest BCUT2D eigenvalue weighted by Gasteiger charge is 2.09. The maximum atomic E-state index is 11.4. The van der Waals surface area contributed by atoms with E-state index in [1.54, 1.807) is 7.11 Å². The van der Waals surface area contributed by atoms with Gasteiger partial charge in [0.25, 0.3) is 0 Å². The summed E-state index contributed by atoms with van der Waals surface area (Å²) in [5.41, 5.74) is -0.0150. The molecule has 0 radical (unpaired) electrons. The summed E-state index contributed by atoms with van der Waals surface area (Å²) in [7, 11) is 1.59. The monoisotopic (exact) mass is 303 g/mol. The molecule has 0 aromatic carbocycles. The number of hydrogen-bond donors (Lipinski definition) is 3. The second kappa shape index (κ2) is 9.23. The molecule has 1 aromatic heterocycles. The highest BCUT2D eigenvalue weighted by atomic mass is 32.1. The Kier molecular flexibility index (Phi) is 7.55. The molecule has 0 unspecified atom stereocenters. The van der Waals surface area contributed by atoms with E-state index < -0.39 is 5.97 Å². The van der Waals surface area contributed by atoms with E-state index in [4.69, 9.17) is 14.6 Å². The summed E-state index contributed by atoms with van der Waals surface area (Å²) in [5.74, 6) is -1.08. The number of urea groups is 1. The molecule has 1 heterocycles. The van der Waals surface area contributed by atoms with Crippen molar-refractivity contribution in [3.63, 3.8) is 0 Å². The van der Waals surface area contributed by atoms with Crippen LogP contribution in [0.4, 0.5) is 4.79 Å². The molecule has 1 rings (SSSR count). The standard InChI is InChI=1S/C11H17N3O5S/c1-18-4-5-19-3-2-12-11(17)13-6-9-14-8(7-20-9)10(15)16/h7H,2-6H2,1H3,(H,15,16)(H2,12,13,17). The minimum Gasteiger partial charge on any atom is -0.476 e. The molecular formula is C11H17N3O5S. The van der Waals surface area contributed by atoms with Crippen LogP contribution in [0.25, 0.3) is 0 Å². The number of thiazole rings is 1. The van der Waals surface area contributed by atoms with Crippen LogP contribution in [0.15, 0.2) is 5.38 Å². The molecule has 8 nitrogen and oxygen atoms in total. The van der Waals surface area contributed by atoms with Crippen LogP contribution in [0.5, 0.6) is 0 Å². The fourth-order valence-corrected chi connectivity index (χ4v) is 1.90. The van der Waals surface area contributed by atoms with Gasteiger partial charge in [-0.2, -0.15) is 0 Å². The first-order valence-electron chi connectivity index (χ1n) is 5.89. The first-order chi connectivity index (χ1) is 9.63. The van der Waals surface area contributed by atoms with Crippen molar-refractivity contribution in [2.45, 2.75) is 6.54 Å². The van der Waals surface area contributed by atoms with Gasteiger partial charge in [0.1, 0.15) is 5.01 Å². The smallest absolute Gasteiger partial charge is 0.355 e. The number of amides is 2. The first kappa shape index (κ1) is 16.3. The van der Waals surface area contributed by atoms with Gasteiger partial charge in [-0.25, -0.2) is 14.6 Å². The zero-order valence-corrected chi connectivity index (χ0v) is 11.9. The minimum atomic E-state index is -1.08. The topological polar surface area (TPSA) is 110 Å². The zero-order valence-electron chi connectivity index (χ0n) is 11.0. The van der Waals surface area contributed by atoms with Crippen molar-refractivity contribution in [1.29, 1.82) is 0 Å².